The van der Waals surface area contributed by atoms with Crippen LogP contribution in [0.15, 0.2) is 18.3 Å². The molecule has 0 aliphatic heterocycles. The van der Waals surface area contributed by atoms with Crippen LogP contribution >= 0.6 is 0 Å². The number of allylic oxidation sites excluding steroid dienone is 2. The minimum atomic E-state index is -0.316. The second kappa shape index (κ2) is 6.20. The maximum absolute atomic E-state index is 10.4. The van der Waals surface area contributed by atoms with Gasteiger partial charge in [0.05, 0.1) is 13.2 Å². The zero-order valence-electron chi connectivity index (χ0n) is 12.0. The summed E-state index contributed by atoms with van der Waals surface area (Å²) in [5, 5.41) is 10.4. The highest BCUT2D eigenvalue weighted by molar-refractivity contribution is 5.41. The third-order valence-corrected chi connectivity index (χ3v) is 4.01. The van der Waals surface area contributed by atoms with E-state index in [1.165, 1.54) is 0 Å². The van der Waals surface area contributed by atoms with Crippen molar-refractivity contribution in [2.75, 3.05) is 7.11 Å². The van der Waals surface area contributed by atoms with Gasteiger partial charge in [-0.3, -0.25) is 4.98 Å². The van der Waals surface area contributed by atoms with Gasteiger partial charge in [0.1, 0.15) is 5.75 Å². The molecule has 104 valence electrons. The van der Waals surface area contributed by atoms with Crippen LogP contribution in [0.2, 0.25) is 0 Å². The van der Waals surface area contributed by atoms with Gasteiger partial charge >= 0.3 is 0 Å². The van der Waals surface area contributed by atoms with Crippen LogP contribution in [0.3, 0.4) is 0 Å². The molecule has 2 unspecified atom stereocenters. The first-order chi connectivity index (χ1) is 9.13. The van der Waals surface area contributed by atoms with Crippen LogP contribution in [0.4, 0.5) is 0 Å². The largest absolute Gasteiger partial charge is 0.496 e. The topological polar surface area (TPSA) is 42.4 Å². The summed E-state index contributed by atoms with van der Waals surface area (Å²) in [5.74, 6) is 1.25. The molecule has 1 aromatic heterocycles. The van der Waals surface area contributed by atoms with E-state index in [1.54, 1.807) is 7.11 Å². The number of rotatable bonds is 4. The molecule has 19 heavy (non-hydrogen) atoms. The number of methoxy groups -OCH3 is 1. The summed E-state index contributed by atoms with van der Waals surface area (Å²) in [6, 6.07) is 0. The summed E-state index contributed by atoms with van der Waals surface area (Å²) >= 11 is 0. The van der Waals surface area contributed by atoms with Crippen molar-refractivity contribution in [2.45, 2.75) is 45.6 Å². The summed E-state index contributed by atoms with van der Waals surface area (Å²) in [6.45, 7) is 4.01. The van der Waals surface area contributed by atoms with E-state index in [9.17, 15) is 5.11 Å². The Morgan fingerprint density at radius 3 is 2.84 bits per heavy atom. The van der Waals surface area contributed by atoms with Crippen molar-refractivity contribution in [3.05, 3.63) is 35.2 Å². The summed E-state index contributed by atoms with van der Waals surface area (Å²) in [6.07, 6.45) is 9.61. The van der Waals surface area contributed by atoms with Gasteiger partial charge in [-0.15, -0.1) is 0 Å². The Balaban J connectivity index is 2.12. The Kier molecular flexibility index (Phi) is 4.59. The number of aryl methyl sites for hydroxylation is 1. The lowest BCUT2D eigenvalue weighted by atomic mass is 9.87. The third-order valence-electron chi connectivity index (χ3n) is 4.01. The first-order valence-electron chi connectivity index (χ1n) is 6.95. The molecule has 0 saturated carbocycles. The summed E-state index contributed by atoms with van der Waals surface area (Å²) < 4.78 is 5.41. The molecular formula is C16H23NO2. The number of hydrogen-bond acceptors (Lipinski definition) is 3. The number of aliphatic hydroxyl groups is 1. The third kappa shape index (κ3) is 3.16. The Morgan fingerprint density at radius 2 is 2.21 bits per heavy atom. The highest BCUT2D eigenvalue weighted by atomic mass is 16.5. The van der Waals surface area contributed by atoms with Crippen molar-refractivity contribution in [3.63, 3.8) is 0 Å². The molecule has 1 aromatic rings. The number of hydrogen-bond donors (Lipinski definition) is 1. The summed E-state index contributed by atoms with van der Waals surface area (Å²) in [7, 11) is 1.68. The smallest absolute Gasteiger partial charge is 0.128 e. The van der Waals surface area contributed by atoms with Gasteiger partial charge in [0, 0.05) is 29.4 Å². The number of aliphatic hydroxyl groups excluding tert-OH is 1. The molecule has 2 atom stereocenters. The van der Waals surface area contributed by atoms with Crippen molar-refractivity contribution in [3.8, 4) is 5.75 Å². The van der Waals surface area contributed by atoms with Gasteiger partial charge in [-0.2, -0.15) is 0 Å². The molecule has 1 heterocycles. The SMILES string of the molecule is COc1c(C)cnc(CC(O)C2CC=CCC2)c1C. The number of pyridine rings is 1. The van der Waals surface area contributed by atoms with Crippen LogP contribution in [-0.4, -0.2) is 23.3 Å². The van der Waals surface area contributed by atoms with Crippen molar-refractivity contribution in [1.29, 1.82) is 0 Å². The van der Waals surface area contributed by atoms with E-state index in [0.29, 0.717) is 12.3 Å². The minimum Gasteiger partial charge on any atom is -0.496 e. The van der Waals surface area contributed by atoms with E-state index in [1.807, 2.05) is 20.0 Å². The van der Waals surface area contributed by atoms with E-state index in [4.69, 9.17) is 4.74 Å². The highest BCUT2D eigenvalue weighted by Crippen LogP contribution is 2.28. The second-order valence-electron chi connectivity index (χ2n) is 5.36. The van der Waals surface area contributed by atoms with E-state index in [0.717, 1.165) is 41.8 Å². The molecule has 0 bridgehead atoms. The van der Waals surface area contributed by atoms with Crippen molar-refractivity contribution >= 4 is 0 Å². The monoisotopic (exact) mass is 261 g/mol. The van der Waals surface area contributed by atoms with Gasteiger partial charge in [-0.25, -0.2) is 0 Å². The molecule has 0 spiro atoms. The normalized spacial score (nSPS) is 20.3. The number of ether oxygens (including phenoxy) is 1. The predicted octanol–water partition coefficient (Wildman–Crippen LogP) is 2.97. The molecule has 1 aliphatic rings. The molecule has 1 aliphatic carbocycles. The Bertz CT molecular complexity index is 468. The predicted molar refractivity (Wildman–Crippen MR) is 76.5 cm³/mol. The summed E-state index contributed by atoms with van der Waals surface area (Å²) in [5.41, 5.74) is 3.04. The molecular weight excluding hydrogens is 238 g/mol. The van der Waals surface area contributed by atoms with E-state index >= 15 is 0 Å². The van der Waals surface area contributed by atoms with Crippen LogP contribution in [0, 0.1) is 19.8 Å². The molecule has 0 radical (unpaired) electrons. The fraction of sp³-hybridized carbons (Fsp3) is 0.562. The second-order valence-corrected chi connectivity index (χ2v) is 5.36. The van der Waals surface area contributed by atoms with E-state index in [2.05, 4.69) is 17.1 Å². The Labute approximate surface area is 115 Å². The molecule has 1 N–H and O–H groups in total. The average molecular weight is 261 g/mol. The van der Waals surface area contributed by atoms with E-state index in [-0.39, 0.29) is 6.10 Å². The van der Waals surface area contributed by atoms with Gasteiger partial charge in [0.25, 0.3) is 0 Å². The van der Waals surface area contributed by atoms with Crippen molar-refractivity contribution < 1.29 is 9.84 Å². The van der Waals surface area contributed by atoms with Crippen LogP contribution in [-0.2, 0) is 6.42 Å². The Hall–Kier alpha value is -1.35. The lowest BCUT2D eigenvalue weighted by Crippen LogP contribution is -2.24. The zero-order valence-corrected chi connectivity index (χ0v) is 12.0. The standard InChI is InChI=1S/C16H23NO2/c1-11-10-17-14(12(2)16(11)19-3)9-15(18)13-7-5-4-6-8-13/h4-5,10,13,15,18H,6-9H2,1-3H3. The maximum Gasteiger partial charge on any atom is 0.128 e. The van der Waals surface area contributed by atoms with Gasteiger partial charge in [-0.05, 0) is 39.0 Å². The first-order valence-corrected chi connectivity index (χ1v) is 6.95. The van der Waals surface area contributed by atoms with Gasteiger partial charge in [-0.1, -0.05) is 12.2 Å². The molecule has 2 rings (SSSR count). The molecule has 0 saturated heterocycles. The average Bonchev–Trinajstić information content (AvgIpc) is 2.43. The molecule has 3 nitrogen and oxygen atoms in total. The number of nitrogens with zero attached hydrogens (tertiary/aromatic N) is 1. The lowest BCUT2D eigenvalue weighted by Gasteiger charge is -2.24. The molecule has 0 amide bonds. The molecule has 0 aromatic carbocycles. The maximum atomic E-state index is 10.4. The van der Waals surface area contributed by atoms with Crippen LogP contribution in [0.25, 0.3) is 0 Å². The Morgan fingerprint density at radius 1 is 1.42 bits per heavy atom. The minimum absolute atomic E-state index is 0.316. The highest BCUT2D eigenvalue weighted by Gasteiger charge is 2.22. The quantitative estimate of drug-likeness (QED) is 0.847. The number of aromatic nitrogens is 1. The fourth-order valence-corrected chi connectivity index (χ4v) is 2.81. The van der Waals surface area contributed by atoms with Gasteiger partial charge < -0.3 is 9.84 Å². The van der Waals surface area contributed by atoms with E-state index < -0.39 is 0 Å². The van der Waals surface area contributed by atoms with Gasteiger partial charge in [0.15, 0.2) is 0 Å². The van der Waals surface area contributed by atoms with Gasteiger partial charge in [0.2, 0.25) is 0 Å². The zero-order chi connectivity index (χ0) is 13.8. The summed E-state index contributed by atoms with van der Waals surface area (Å²) in [4.78, 5) is 4.46. The van der Waals surface area contributed by atoms with Crippen LogP contribution < -0.4 is 4.74 Å². The van der Waals surface area contributed by atoms with Crippen LogP contribution in [0.5, 0.6) is 5.75 Å². The lowest BCUT2D eigenvalue weighted by molar-refractivity contribution is 0.101. The fourth-order valence-electron chi connectivity index (χ4n) is 2.81. The molecule has 3 heteroatoms. The molecule has 0 fully saturated rings. The van der Waals surface area contributed by atoms with Crippen molar-refractivity contribution in [2.24, 2.45) is 5.92 Å². The first kappa shape index (κ1) is 14.1. The van der Waals surface area contributed by atoms with Crippen molar-refractivity contribution in [1.82, 2.24) is 4.98 Å². The van der Waals surface area contributed by atoms with Crippen LogP contribution in [0.1, 0.15) is 36.1 Å².